The Bertz CT molecular complexity index is 299. The fourth-order valence-corrected chi connectivity index (χ4v) is 0.948. The number of esters is 1. The van der Waals surface area contributed by atoms with E-state index in [1.165, 1.54) is 0 Å². The quantitative estimate of drug-likeness (QED) is 0.480. The molecule has 0 saturated carbocycles. The van der Waals surface area contributed by atoms with Gasteiger partial charge in [0.1, 0.15) is 0 Å². The predicted molar refractivity (Wildman–Crippen MR) is 68.8 cm³/mol. The van der Waals surface area contributed by atoms with Gasteiger partial charge in [0, 0.05) is 0 Å². The molecule has 5 nitrogen and oxygen atoms in total. The second-order valence-electron chi connectivity index (χ2n) is 3.04. The molecule has 0 atom stereocenters. The second-order valence-corrected chi connectivity index (χ2v) is 3.04. The number of carbonyl (C=O) groups excluding carboxylic acids is 1. The lowest BCUT2D eigenvalue weighted by Crippen LogP contribution is -2.14. The van der Waals surface area contributed by atoms with Gasteiger partial charge in [-0.05, 0) is 32.9 Å². The van der Waals surface area contributed by atoms with Crippen LogP contribution in [-0.4, -0.2) is 25.8 Å². The van der Waals surface area contributed by atoms with E-state index in [2.05, 4.69) is 15.3 Å². The molecule has 1 rings (SSSR count). The van der Waals surface area contributed by atoms with E-state index in [1.807, 2.05) is 32.0 Å². The molecule has 0 saturated heterocycles. The Morgan fingerprint density at radius 1 is 1.00 bits per heavy atom. The minimum atomic E-state index is -0.256. The van der Waals surface area contributed by atoms with E-state index >= 15 is 0 Å². The van der Waals surface area contributed by atoms with Gasteiger partial charge in [-0.2, -0.15) is 0 Å². The van der Waals surface area contributed by atoms with E-state index in [0.29, 0.717) is 25.4 Å². The van der Waals surface area contributed by atoms with Crippen LogP contribution in [0.2, 0.25) is 0 Å². The van der Waals surface area contributed by atoms with E-state index in [1.54, 1.807) is 19.1 Å². The molecule has 18 heavy (non-hydrogen) atoms. The van der Waals surface area contributed by atoms with Crippen LogP contribution in [0.4, 0.5) is 0 Å². The highest BCUT2D eigenvalue weighted by atomic mass is 16.9. The SMILES string of the molecule is CCOC(=O)c1ccccc1.CCONOCC. The molecule has 102 valence electrons. The monoisotopic (exact) mass is 255 g/mol. The first-order chi connectivity index (χ1) is 8.76. The van der Waals surface area contributed by atoms with E-state index < -0.39 is 0 Å². The summed E-state index contributed by atoms with van der Waals surface area (Å²) in [6.45, 7) is 7.23. The van der Waals surface area contributed by atoms with Crippen LogP contribution in [0.15, 0.2) is 30.3 Å². The highest BCUT2D eigenvalue weighted by molar-refractivity contribution is 5.89. The maximum absolute atomic E-state index is 11.0. The van der Waals surface area contributed by atoms with Crippen LogP contribution in [0, 0.1) is 0 Å². The van der Waals surface area contributed by atoms with Crippen molar-refractivity contribution < 1.29 is 19.2 Å². The lowest BCUT2D eigenvalue weighted by molar-refractivity contribution is -0.163. The van der Waals surface area contributed by atoms with Crippen LogP contribution in [0.1, 0.15) is 31.1 Å². The molecule has 0 fully saturated rings. The summed E-state index contributed by atoms with van der Waals surface area (Å²) in [6, 6.07) is 8.96. The zero-order valence-electron chi connectivity index (χ0n) is 11.1. The van der Waals surface area contributed by atoms with Crippen LogP contribution in [0.3, 0.4) is 0 Å². The maximum Gasteiger partial charge on any atom is 0.338 e. The summed E-state index contributed by atoms with van der Waals surface area (Å²) >= 11 is 0. The minimum absolute atomic E-state index is 0.256. The average Bonchev–Trinajstić information content (AvgIpc) is 2.41. The Labute approximate surface area is 108 Å². The zero-order chi connectivity index (χ0) is 13.6. The Morgan fingerprint density at radius 2 is 1.56 bits per heavy atom. The topological polar surface area (TPSA) is 56.8 Å². The molecule has 0 bridgehead atoms. The number of nitrogens with one attached hydrogen (secondary N) is 1. The molecule has 0 unspecified atom stereocenters. The first-order valence-electron chi connectivity index (χ1n) is 5.96. The van der Waals surface area contributed by atoms with E-state index in [-0.39, 0.29) is 5.97 Å². The average molecular weight is 255 g/mol. The largest absolute Gasteiger partial charge is 0.462 e. The van der Waals surface area contributed by atoms with Gasteiger partial charge >= 0.3 is 5.97 Å². The molecule has 0 radical (unpaired) electrons. The fraction of sp³-hybridized carbons (Fsp3) is 0.462. The molecule has 5 heteroatoms. The molecule has 0 aliphatic carbocycles. The molecule has 1 aromatic rings. The van der Waals surface area contributed by atoms with Gasteiger partial charge in [-0.1, -0.05) is 23.8 Å². The number of hydrogen-bond donors (Lipinski definition) is 1. The number of ether oxygens (including phenoxy) is 1. The van der Waals surface area contributed by atoms with Crippen molar-refractivity contribution in [1.82, 2.24) is 5.64 Å². The Balaban J connectivity index is 0.000000360. The number of rotatable bonds is 6. The molecule has 0 aliphatic heterocycles. The lowest BCUT2D eigenvalue weighted by atomic mass is 10.2. The van der Waals surface area contributed by atoms with Crippen molar-refractivity contribution in [3.8, 4) is 0 Å². The smallest absolute Gasteiger partial charge is 0.338 e. The van der Waals surface area contributed by atoms with Crippen molar-refractivity contribution in [1.29, 1.82) is 0 Å². The summed E-state index contributed by atoms with van der Waals surface area (Å²) in [5, 5.41) is 0. The number of carbonyl (C=O) groups is 1. The molecule has 0 aliphatic rings. The van der Waals surface area contributed by atoms with Crippen molar-refractivity contribution in [3.63, 3.8) is 0 Å². The van der Waals surface area contributed by atoms with Crippen LogP contribution < -0.4 is 5.64 Å². The first-order valence-corrected chi connectivity index (χ1v) is 5.96. The van der Waals surface area contributed by atoms with Crippen molar-refractivity contribution in [2.45, 2.75) is 20.8 Å². The van der Waals surface area contributed by atoms with Gasteiger partial charge in [0.2, 0.25) is 0 Å². The Kier molecular flexibility index (Phi) is 11.1. The molecule has 0 amide bonds. The van der Waals surface area contributed by atoms with Crippen molar-refractivity contribution >= 4 is 5.97 Å². The summed E-state index contributed by atoms with van der Waals surface area (Å²) in [5.74, 6) is -0.256. The van der Waals surface area contributed by atoms with Crippen LogP contribution >= 0.6 is 0 Å². The van der Waals surface area contributed by atoms with E-state index in [4.69, 9.17) is 4.74 Å². The number of benzene rings is 1. The second kappa shape index (κ2) is 12.0. The third kappa shape index (κ3) is 8.69. The van der Waals surface area contributed by atoms with Gasteiger partial charge in [-0.3, -0.25) is 9.68 Å². The third-order valence-electron chi connectivity index (χ3n) is 1.69. The summed E-state index contributed by atoms with van der Waals surface area (Å²) in [6.07, 6.45) is 0. The molecule has 0 aromatic heterocycles. The van der Waals surface area contributed by atoms with Crippen molar-refractivity contribution in [2.24, 2.45) is 0 Å². The van der Waals surface area contributed by atoms with Crippen molar-refractivity contribution in [3.05, 3.63) is 35.9 Å². The van der Waals surface area contributed by atoms with Crippen LogP contribution in [-0.2, 0) is 14.4 Å². The highest BCUT2D eigenvalue weighted by Crippen LogP contribution is 1.99. The summed E-state index contributed by atoms with van der Waals surface area (Å²) < 4.78 is 4.79. The third-order valence-corrected chi connectivity index (χ3v) is 1.69. The van der Waals surface area contributed by atoms with E-state index in [9.17, 15) is 4.79 Å². The van der Waals surface area contributed by atoms with Gasteiger partial charge in [-0.25, -0.2) is 4.79 Å². The Morgan fingerprint density at radius 3 is 2.00 bits per heavy atom. The standard InChI is InChI=1S/C9H10O2.C4H11NO2/c1-2-11-9(10)8-6-4-3-5-7-8;1-3-6-5-7-4-2/h3-7H,2H2,1H3;5H,3-4H2,1-2H3. The molecular weight excluding hydrogens is 234 g/mol. The van der Waals surface area contributed by atoms with Gasteiger partial charge in [0.05, 0.1) is 25.4 Å². The minimum Gasteiger partial charge on any atom is -0.462 e. The zero-order valence-corrected chi connectivity index (χ0v) is 11.1. The maximum atomic E-state index is 11.0. The molecule has 1 aromatic carbocycles. The van der Waals surface area contributed by atoms with Gasteiger partial charge < -0.3 is 4.74 Å². The number of hydrogen-bond acceptors (Lipinski definition) is 5. The van der Waals surface area contributed by atoms with Crippen LogP contribution in [0.5, 0.6) is 0 Å². The van der Waals surface area contributed by atoms with E-state index in [0.717, 1.165) is 0 Å². The molecule has 0 spiro atoms. The first kappa shape index (κ1) is 16.6. The predicted octanol–water partition coefficient (Wildman–Crippen LogP) is 2.34. The van der Waals surface area contributed by atoms with Crippen molar-refractivity contribution in [2.75, 3.05) is 19.8 Å². The summed E-state index contributed by atoms with van der Waals surface area (Å²) in [5.41, 5.74) is 2.89. The van der Waals surface area contributed by atoms with Gasteiger partial charge in [0.15, 0.2) is 0 Å². The molecular formula is C13H21NO4. The summed E-state index contributed by atoms with van der Waals surface area (Å²) in [7, 11) is 0. The lowest BCUT2D eigenvalue weighted by Gasteiger charge is -1.99. The Hall–Kier alpha value is -1.43. The van der Waals surface area contributed by atoms with Gasteiger partial charge in [-0.15, -0.1) is 0 Å². The molecule has 1 N–H and O–H groups in total. The fourth-order valence-electron chi connectivity index (χ4n) is 0.948. The normalized spacial score (nSPS) is 9.28. The molecule has 0 heterocycles. The van der Waals surface area contributed by atoms with Gasteiger partial charge in [0.25, 0.3) is 0 Å². The van der Waals surface area contributed by atoms with Crippen LogP contribution in [0.25, 0.3) is 0 Å². The highest BCUT2D eigenvalue weighted by Gasteiger charge is 2.02. The summed E-state index contributed by atoms with van der Waals surface area (Å²) in [4.78, 5) is 20.2.